The number of rotatable bonds is 3. The third kappa shape index (κ3) is 3.40. The van der Waals surface area contributed by atoms with E-state index in [0.717, 1.165) is 17.4 Å². The number of ether oxygens (including phenoxy) is 1. The van der Waals surface area contributed by atoms with E-state index in [0.29, 0.717) is 24.5 Å². The highest BCUT2D eigenvalue weighted by Gasteiger charge is 2.38. The quantitative estimate of drug-likeness (QED) is 0.501. The molecule has 10 heteroatoms. The van der Waals surface area contributed by atoms with Crippen LogP contribution in [0.3, 0.4) is 0 Å². The molecule has 1 fully saturated rings. The molecule has 0 radical (unpaired) electrons. The van der Waals surface area contributed by atoms with Crippen LogP contribution in [0.1, 0.15) is 35.9 Å². The minimum absolute atomic E-state index is 0.0139. The summed E-state index contributed by atoms with van der Waals surface area (Å²) in [6.07, 6.45) is -1.42. The van der Waals surface area contributed by atoms with Crippen LogP contribution in [0.4, 0.5) is 13.2 Å². The Bertz CT molecular complexity index is 1330. The van der Waals surface area contributed by atoms with Gasteiger partial charge in [0.2, 0.25) is 5.89 Å². The maximum absolute atomic E-state index is 13.8. The van der Waals surface area contributed by atoms with Crippen molar-refractivity contribution in [1.82, 2.24) is 19.6 Å². The fourth-order valence-corrected chi connectivity index (χ4v) is 4.06. The van der Waals surface area contributed by atoms with Crippen molar-refractivity contribution in [1.29, 1.82) is 0 Å². The molecular formula is C22H19F3N4O3. The van der Waals surface area contributed by atoms with Gasteiger partial charge in [0.15, 0.2) is 5.65 Å². The van der Waals surface area contributed by atoms with Crippen molar-refractivity contribution < 1.29 is 22.3 Å². The molecule has 32 heavy (non-hydrogen) atoms. The second-order valence-electron chi connectivity index (χ2n) is 7.74. The molecule has 0 spiro atoms. The van der Waals surface area contributed by atoms with Crippen molar-refractivity contribution in [2.45, 2.75) is 31.9 Å². The smallest absolute Gasteiger partial charge is 0.433 e. The summed E-state index contributed by atoms with van der Waals surface area (Å²) in [5.74, 6) is 0.632. The monoisotopic (exact) mass is 444 g/mol. The second-order valence-corrected chi connectivity index (χ2v) is 7.74. The second kappa shape index (κ2) is 7.63. The van der Waals surface area contributed by atoms with Crippen molar-refractivity contribution in [3.8, 4) is 22.6 Å². The average molecular weight is 444 g/mol. The Kier molecular flexibility index (Phi) is 4.89. The van der Waals surface area contributed by atoms with Crippen molar-refractivity contribution >= 4 is 5.65 Å². The summed E-state index contributed by atoms with van der Waals surface area (Å²) in [5.41, 5.74) is -1.51. The van der Waals surface area contributed by atoms with E-state index in [9.17, 15) is 18.0 Å². The van der Waals surface area contributed by atoms with Crippen LogP contribution in [0, 0.1) is 6.92 Å². The topological polar surface area (TPSA) is 85.4 Å². The van der Waals surface area contributed by atoms with Gasteiger partial charge < -0.3 is 9.15 Å². The Balaban J connectivity index is 1.69. The van der Waals surface area contributed by atoms with E-state index in [1.807, 2.05) is 0 Å². The molecule has 4 heterocycles. The summed E-state index contributed by atoms with van der Waals surface area (Å²) < 4.78 is 53.6. The number of H-pyrrole nitrogens is 1. The molecule has 1 aliphatic heterocycles. The molecule has 1 atom stereocenters. The number of alkyl halides is 3. The summed E-state index contributed by atoms with van der Waals surface area (Å²) in [4.78, 5) is 21.8. The molecule has 1 aliphatic rings. The van der Waals surface area contributed by atoms with Gasteiger partial charge in [0.1, 0.15) is 17.0 Å². The molecule has 1 saturated heterocycles. The zero-order valence-corrected chi connectivity index (χ0v) is 17.1. The molecule has 0 bridgehead atoms. The average Bonchev–Trinajstić information content (AvgIpc) is 3.40. The van der Waals surface area contributed by atoms with Gasteiger partial charge in [-0.2, -0.15) is 17.7 Å². The van der Waals surface area contributed by atoms with Crippen LogP contribution < -0.4 is 5.56 Å². The van der Waals surface area contributed by atoms with Gasteiger partial charge in [-0.15, -0.1) is 0 Å². The summed E-state index contributed by atoms with van der Waals surface area (Å²) >= 11 is 0. The molecule has 5 rings (SSSR count). The highest BCUT2D eigenvalue weighted by Crippen LogP contribution is 2.38. The van der Waals surface area contributed by atoms with Crippen LogP contribution in [0.2, 0.25) is 0 Å². The summed E-state index contributed by atoms with van der Waals surface area (Å²) in [5, 5.41) is 2.21. The summed E-state index contributed by atoms with van der Waals surface area (Å²) in [6, 6.07) is 8.04. The lowest BCUT2D eigenvalue weighted by molar-refractivity contribution is -0.140. The number of halogens is 3. The zero-order valence-electron chi connectivity index (χ0n) is 17.1. The normalized spacial score (nSPS) is 17.2. The molecule has 1 unspecified atom stereocenters. The van der Waals surface area contributed by atoms with Gasteiger partial charge in [0.25, 0.3) is 5.56 Å². The minimum atomic E-state index is -4.71. The highest BCUT2D eigenvalue weighted by atomic mass is 19.4. The van der Waals surface area contributed by atoms with Gasteiger partial charge in [0, 0.05) is 12.5 Å². The predicted molar refractivity (Wildman–Crippen MR) is 109 cm³/mol. The van der Waals surface area contributed by atoms with E-state index < -0.39 is 17.4 Å². The largest absolute Gasteiger partial charge is 0.441 e. The van der Waals surface area contributed by atoms with Crippen LogP contribution in [0.25, 0.3) is 28.2 Å². The Morgan fingerprint density at radius 1 is 1.19 bits per heavy atom. The van der Waals surface area contributed by atoms with E-state index in [1.165, 1.54) is 6.20 Å². The van der Waals surface area contributed by atoms with Gasteiger partial charge in [-0.05, 0) is 25.3 Å². The third-order valence-corrected chi connectivity index (χ3v) is 5.61. The van der Waals surface area contributed by atoms with E-state index in [-0.39, 0.29) is 34.3 Å². The van der Waals surface area contributed by atoms with Crippen LogP contribution >= 0.6 is 0 Å². The number of hydrogen-bond donors (Lipinski definition) is 1. The van der Waals surface area contributed by atoms with Gasteiger partial charge in [0.05, 0.1) is 24.1 Å². The lowest BCUT2D eigenvalue weighted by Crippen LogP contribution is -2.20. The molecular weight excluding hydrogens is 425 g/mol. The number of hydrogen-bond acceptors (Lipinski definition) is 5. The number of benzene rings is 1. The molecule has 166 valence electrons. The summed E-state index contributed by atoms with van der Waals surface area (Å²) in [7, 11) is 0. The predicted octanol–water partition coefficient (Wildman–Crippen LogP) is 4.57. The lowest BCUT2D eigenvalue weighted by Gasteiger charge is -2.19. The molecule has 3 aromatic heterocycles. The molecule has 7 nitrogen and oxygen atoms in total. The fraction of sp³-hybridized carbons (Fsp3) is 0.318. The third-order valence-electron chi connectivity index (χ3n) is 5.61. The van der Waals surface area contributed by atoms with E-state index in [1.54, 1.807) is 37.3 Å². The van der Waals surface area contributed by atoms with Gasteiger partial charge in [-0.25, -0.2) is 9.97 Å². The standard InChI is InChI=1S/C22H19F3N4O3/c1-12-16(20-26-10-15(32-20)14-8-5-9-31-11-14)21(30)29-19(27-12)17(13-6-3-2-4-7-13)18(28-29)22(23,24)25/h2-4,6-7,10,14,28H,5,8-9,11H2,1H3. The lowest BCUT2D eigenvalue weighted by atomic mass is 10.0. The maximum Gasteiger partial charge on any atom is 0.433 e. The van der Waals surface area contributed by atoms with Crippen molar-refractivity contribution in [2.75, 3.05) is 13.2 Å². The number of fused-ring (bicyclic) bond motifs is 1. The number of nitrogens with one attached hydrogen (secondary N) is 1. The molecule has 0 aliphatic carbocycles. The molecule has 1 N–H and O–H groups in total. The maximum atomic E-state index is 13.8. The SMILES string of the molecule is Cc1nc2c(-c3ccccc3)c(C(F)(F)F)[nH]n2c(=O)c1-c1ncc(C2CCCOC2)o1. The van der Waals surface area contributed by atoms with Crippen molar-refractivity contribution in [3.05, 3.63) is 64.0 Å². The van der Waals surface area contributed by atoms with Crippen molar-refractivity contribution in [3.63, 3.8) is 0 Å². The first-order chi connectivity index (χ1) is 15.3. The minimum Gasteiger partial charge on any atom is -0.441 e. The van der Waals surface area contributed by atoms with Crippen LogP contribution in [0.15, 0.2) is 45.7 Å². The van der Waals surface area contributed by atoms with E-state index >= 15 is 0 Å². The number of aryl methyl sites for hydroxylation is 1. The Morgan fingerprint density at radius 3 is 2.66 bits per heavy atom. The Labute approximate surface area is 179 Å². The van der Waals surface area contributed by atoms with Crippen molar-refractivity contribution in [2.24, 2.45) is 0 Å². The summed E-state index contributed by atoms with van der Waals surface area (Å²) in [6.45, 7) is 2.74. The molecule has 0 saturated carbocycles. The van der Waals surface area contributed by atoms with Crippen LogP contribution in [-0.2, 0) is 10.9 Å². The molecule has 0 amide bonds. The van der Waals surface area contributed by atoms with Gasteiger partial charge >= 0.3 is 6.18 Å². The van der Waals surface area contributed by atoms with Crippen LogP contribution in [0.5, 0.6) is 0 Å². The number of aromatic nitrogens is 4. The zero-order chi connectivity index (χ0) is 22.5. The Morgan fingerprint density at radius 2 is 1.97 bits per heavy atom. The fourth-order valence-electron chi connectivity index (χ4n) is 4.06. The van der Waals surface area contributed by atoms with Gasteiger partial charge in [-0.1, -0.05) is 30.3 Å². The van der Waals surface area contributed by atoms with E-state index in [2.05, 4.69) is 15.1 Å². The first kappa shape index (κ1) is 20.5. The Hall–Kier alpha value is -3.40. The molecule has 1 aromatic carbocycles. The first-order valence-electron chi connectivity index (χ1n) is 10.2. The van der Waals surface area contributed by atoms with Crippen LogP contribution in [-0.4, -0.2) is 32.8 Å². The number of aromatic amines is 1. The number of oxazole rings is 1. The highest BCUT2D eigenvalue weighted by molar-refractivity contribution is 5.81. The number of nitrogens with zero attached hydrogens (tertiary/aromatic N) is 3. The first-order valence-corrected chi connectivity index (χ1v) is 10.2. The van der Waals surface area contributed by atoms with E-state index in [4.69, 9.17) is 9.15 Å². The molecule has 4 aromatic rings. The van der Waals surface area contributed by atoms with Gasteiger partial charge in [-0.3, -0.25) is 9.89 Å².